The maximum absolute atomic E-state index is 13.0. The summed E-state index contributed by atoms with van der Waals surface area (Å²) in [6.07, 6.45) is 4.37. The van der Waals surface area contributed by atoms with Gasteiger partial charge in [-0.3, -0.25) is 24.0 Å². The first-order valence-corrected chi connectivity index (χ1v) is 11.7. The summed E-state index contributed by atoms with van der Waals surface area (Å²) in [6, 6.07) is 21.0. The van der Waals surface area contributed by atoms with Crippen molar-refractivity contribution in [3.05, 3.63) is 101 Å². The fourth-order valence-electron chi connectivity index (χ4n) is 4.57. The molecule has 0 atom stereocenters. The van der Waals surface area contributed by atoms with E-state index in [0.717, 1.165) is 16.5 Å². The Morgan fingerprint density at radius 3 is 2.26 bits per heavy atom. The van der Waals surface area contributed by atoms with Crippen molar-refractivity contribution in [3.63, 3.8) is 0 Å². The van der Waals surface area contributed by atoms with Gasteiger partial charge in [0.05, 0.1) is 12.7 Å². The SMILES string of the molecule is CN(Cc1cnn(Cc2ccccc2)c1)C(=O)CCCN1C(=O)c2cccc3cccc(c23)C1=O. The lowest BCUT2D eigenvalue weighted by molar-refractivity contribution is -0.130. The maximum Gasteiger partial charge on any atom is 0.261 e. The number of carbonyl (C=O) groups excluding carboxylic acids is 3. The number of nitrogens with zero attached hydrogens (tertiary/aromatic N) is 4. The molecule has 7 heteroatoms. The van der Waals surface area contributed by atoms with Gasteiger partial charge in [0.1, 0.15) is 0 Å². The maximum atomic E-state index is 13.0. The molecular formula is C28H26N4O3. The molecule has 0 saturated heterocycles. The lowest BCUT2D eigenvalue weighted by Crippen LogP contribution is -2.41. The number of aromatic nitrogens is 2. The van der Waals surface area contributed by atoms with Crippen molar-refractivity contribution in [2.45, 2.75) is 25.9 Å². The molecule has 0 fully saturated rings. The Morgan fingerprint density at radius 2 is 1.57 bits per heavy atom. The highest BCUT2D eigenvalue weighted by atomic mass is 16.2. The number of rotatable bonds is 8. The first kappa shape index (κ1) is 22.5. The van der Waals surface area contributed by atoms with Gasteiger partial charge in [-0.15, -0.1) is 0 Å². The Balaban J connectivity index is 1.16. The van der Waals surface area contributed by atoms with Gasteiger partial charge in [0.2, 0.25) is 5.91 Å². The minimum absolute atomic E-state index is 0.0415. The van der Waals surface area contributed by atoms with E-state index < -0.39 is 0 Å². The molecule has 0 N–H and O–H groups in total. The number of amides is 3. The monoisotopic (exact) mass is 466 g/mol. The molecule has 1 aliphatic rings. The summed E-state index contributed by atoms with van der Waals surface area (Å²) in [5.41, 5.74) is 3.18. The average Bonchev–Trinajstić information content (AvgIpc) is 3.31. The van der Waals surface area contributed by atoms with Gasteiger partial charge in [-0.1, -0.05) is 54.6 Å². The normalized spacial score (nSPS) is 12.9. The van der Waals surface area contributed by atoms with Crippen molar-refractivity contribution in [2.75, 3.05) is 13.6 Å². The van der Waals surface area contributed by atoms with E-state index in [1.54, 1.807) is 30.3 Å². The van der Waals surface area contributed by atoms with Crippen LogP contribution in [0.3, 0.4) is 0 Å². The van der Waals surface area contributed by atoms with Crippen molar-refractivity contribution in [1.82, 2.24) is 19.6 Å². The Kier molecular flexibility index (Phi) is 6.14. The number of imide groups is 1. The van der Waals surface area contributed by atoms with Crippen LogP contribution < -0.4 is 0 Å². The van der Waals surface area contributed by atoms with E-state index in [1.807, 2.05) is 65.5 Å². The summed E-state index contributed by atoms with van der Waals surface area (Å²) < 4.78 is 1.86. The topological polar surface area (TPSA) is 75.5 Å². The molecule has 5 rings (SSSR count). The third-order valence-electron chi connectivity index (χ3n) is 6.35. The number of hydrogen-bond donors (Lipinski definition) is 0. The van der Waals surface area contributed by atoms with Crippen LogP contribution in [0, 0.1) is 0 Å². The first-order valence-electron chi connectivity index (χ1n) is 11.7. The second-order valence-electron chi connectivity index (χ2n) is 8.86. The highest BCUT2D eigenvalue weighted by Gasteiger charge is 2.32. The minimum Gasteiger partial charge on any atom is -0.341 e. The van der Waals surface area contributed by atoms with E-state index in [2.05, 4.69) is 5.10 Å². The summed E-state index contributed by atoms with van der Waals surface area (Å²) in [4.78, 5) is 41.6. The van der Waals surface area contributed by atoms with Crippen LogP contribution in [0.2, 0.25) is 0 Å². The van der Waals surface area contributed by atoms with Gasteiger partial charge in [0.25, 0.3) is 11.8 Å². The molecule has 0 unspecified atom stereocenters. The average molecular weight is 467 g/mol. The fourth-order valence-corrected chi connectivity index (χ4v) is 4.57. The van der Waals surface area contributed by atoms with Gasteiger partial charge in [-0.2, -0.15) is 5.10 Å². The van der Waals surface area contributed by atoms with E-state index in [4.69, 9.17) is 0 Å². The third-order valence-corrected chi connectivity index (χ3v) is 6.35. The molecular weight excluding hydrogens is 440 g/mol. The Hall–Kier alpha value is -4.26. The van der Waals surface area contributed by atoms with E-state index >= 15 is 0 Å². The number of carbonyl (C=O) groups is 3. The fraction of sp³-hybridized carbons (Fsp3) is 0.214. The van der Waals surface area contributed by atoms with Gasteiger partial charge in [0, 0.05) is 54.8 Å². The Labute approximate surface area is 203 Å². The predicted molar refractivity (Wildman–Crippen MR) is 133 cm³/mol. The quantitative estimate of drug-likeness (QED) is 0.366. The van der Waals surface area contributed by atoms with Crippen LogP contribution in [0.15, 0.2) is 79.1 Å². The second-order valence-corrected chi connectivity index (χ2v) is 8.86. The van der Waals surface area contributed by atoms with E-state index in [0.29, 0.717) is 36.0 Å². The van der Waals surface area contributed by atoms with E-state index in [9.17, 15) is 14.4 Å². The molecule has 0 bridgehead atoms. The molecule has 0 spiro atoms. The first-order chi connectivity index (χ1) is 17.0. The third kappa shape index (κ3) is 4.57. The molecule has 0 saturated carbocycles. The molecule has 35 heavy (non-hydrogen) atoms. The minimum atomic E-state index is -0.300. The second kappa shape index (κ2) is 9.54. The van der Waals surface area contributed by atoms with Gasteiger partial charge in [-0.05, 0) is 29.5 Å². The zero-order chi connectivity index (χ0) is 24.4. The predicted octanol–water partition coefficient (Wildman–Crippen LogP) is 4.12. The molecule has 2 heterocycles. The molecule has 0 radical (unpaired) electrons. The summed E-state index contributed by atoms with van der Waals surface area (Å²) in [5.74, 6) is -0.642. The molecule has 7 nitrogen and oxygen atoms in total. The highest BCUT2D eigenvalue weighted by Crippen LogP contribution is 2.30. The molecule has 0 aliphatic carbocycles. The van der Waals surface area contributed by atoms with Crippen LogP contribution in [-0.2, 0) is 17.9 Å². The number of benzene rings is 3. The standard InChI is InChI=1S/C28H26N4O3/c1-30(17-21-16-29-31(19-21)18-20-8-3-2-4-9-20)25(33)14-7-15-32-27(34)23-12-5-10-22-11-6-13-24(26(22)23)28(32)35/h2-6,8-13,16,19H,7,14-15,17-18H2,1H3. The van der Waals surface area contributed by atoms with Gasteiger partial charge < -0.3 is 4.90 Å². The lowest BCUT2D eigenvalue weighted by Gasteiger charge is -2.27. The summed E-state index contributed by atoms with van der Waals surface area (Å²) >= 11 is 0. The van der Waals surface area contributed by atoms with E-state index in [1.165, 1.54) is 4.90 Å². The van der Waals surface area contributed by atoms with Crippen molar-refractivity contribution >= 4 is 28.5 Å². The molecule has 1 aromatic heterocycles. The molecule has 3 amide bonds. The molecule has 3 aromatic carbocycles. The van der Waals surface area contributed by atoms with Crippen molar-refractivity contribution in [2.24, 2.45) is 0 Å². The van der Waals surface area contributed by atoms with Crippen LogP contribution in [0.5, 0.6) is 0 Å². The largest absolute Gasteiger partial charge is 0.341 e. The zero-order valence-electron chi connectivity index (χ0n) is 19.6. The van der Waals surface area contributed by atoms with Crippen LogP contribution in [0.25, 0.3) is 10.8 Å². The van der Waals surface area contributed by atoms with Crippen LogP contribution >= 0.6 is 0 Å². The molecule has 4 aromatic rings. The van der Waals surface area contributed by atoms with Crippen LogP contribution in [0.1, 0.15) is 44.7 Å². The van der Waals surface area contributed by atoms with Crippen LogP contribution in [-0.4, -0.2) is 50.9 Å². The molecule has 176 valence electrons. The van der Waals surface area contributed by atoms with Gasteiger partial charge >= 0.3 is 0 Å². The smallest absolute Gasteiger partial charge is 0.261 e. The van der Waals surface area contributed by atoms with Crippen molar-refractivity contribution < 1.29 is 14.4 Å². The van der Waals surface area contributed by atoms with Crippen LogP contribution in [0.4, 0.5) is 0 Å². The van der Waals surface area contributed by atoms with Crippen molar-refractivity contribution in [1.29, 1.82) is 0 Å². The van der Waals surface area contributed by atoms with Gasteiger partial charge in [-0.25, -0.2) is 0 Å². The van der Waals surface area contributed by atoms with E-state index in [-0.39, 0.29) is 30.7 Å². The van der Waals surface area contributed by atoms with Gasteiger partial charge in [0.15, 0.2) is 0 Å². The summed E-state index contributed by atoms with van der Waals surface area (Å²) in [5, 5.41) is 5.99. The zero-order valence-corrected chi connectivity index (χ0v) is 19.6. The van der Waals surface area contributed by atoms with Crippen molar-refractivity contribution in [3.8, 4) is 0 Å². The number of hydrogen-bond acceptors (Lipinski definition) is 4. The summed E-state index contributed by atoms with van der Waals surface area (Å²) in [7, 11) is 1.75. The highest BCUT2D eigenvalue weighted by molar-refractivity contribution is 6.25. The Morgan fingerprint density at radius 1 is 0.886 bits per heavy atom. The lowest BCUT2D eigenvalue weighted by atomic mass is 9.94. The molecule has 1 aliphatic heterocycles. The summed E-state index contributed by atoms with van der Waals surface area (Å²) in [6.45, 7) is 1.33. The Bertz CT molecular complexity index is 1360.